The fourth-order valence-electron chi connectivity index (χ4n) is 3.60. The molecule has 2 aromatic carbocycles. The third-order valence-electron chi connectivity index (χ3n) is 4.85. The fraction of sp³-hybridized carbons (Fsp3) is 0.391. The van der Waals surface area contributed by atoms with E-state index in [1.54, 1.807) is 0 Å². The second-order valence-corrected chi connectivity index (χ2v) is 12.0. The summed E-state index contributed by atoms with van der Waals surface area (Å²) in [5.74, 6) is 0. The first-order chi connectivity index (χ1) is 12.5. The summed E-state index contributed by atoms with van der Waals surface area (Å²) in [4.78, 5) is 0. The summed E-state index contributed by atoms with van der Waals surface area (Å²) in [6.07, 6.45) is 5.66. The van der Waals surface area contributed by atoms with Gasteiger partial charge in [-0.1, -0.05) is 93.6 Å². The standard InChI is InChI=1S/C23H32O2Si/c1-5-6-13-20(18-19-24)25-26(23(2,3)4,21-14-9-7-10-15-21)22-16-11-8-12-17-22/h5-12,14-17,20,24H,13,18-19H2,1-4H3/t20-/m0/s1. The van der Waals surface area contributed by atoms with Crippen molar-refractivity contribution in [3.8, 4) is 0 Å². The average Bonchev–Trinajstić information content (AvgIpc) is 2.64. The molecule has 140 valence electrons. The van der Waals surface area contributed by atoms with Gasteiger partial charge in [0, 0.05) is 6.61 Å². The molecular weight excluding hydrogens is 336 g/mol. The van der Waals surface area contributed by atoms with Crippen LogP contribution in [0, 0.1) is 0 Å². The molecular formula is C23H32O2Si. The molecule has 0 amide bonds. The molecule has 1 atom stereocenters. The van der Waals surface area contributed by atoms with E-state index in [0.717, 1.165) is 6.42 Å². The van der Waals surface area contributed by atoms with Gasteiger partial charge in [-0.2, -0.15) is 0 Å². The molecule has 0 aliphatic heterocycles. The highest BCUT2D eigenvalue weighted by Crippen LogP contribution is 2.38. The first kappa shape index (κ1) is 20.6. The maximum atomic E-state index is 9.59. The van der Waals surface area contributed by atoms with E-state index in [1.807, 2.05) is 6.92 Å². The van der Waals surface area contributed by atoms with Crippen LogP contribution in [0.3, 0.4) is 0 Å². The van der Waals surface area contributed by atoms with Crippen LogP contribution in [0.15, 0.2) is 72.8 Å². The lowest BCUT2D eigenvalue weighted by molar-refractivity contribution is 0.146. The molecule has 2 rings (SSSR count). The lowest BCUT2D eigenvalue weighted by Gasteiger charge is -2.45. The van der Waals surface area contributed by atoms with E-state index in [1.165, 1.54) is 10.4 Å². The summed E-state index contributed by atoms with van der Waals surface area (Å²) in [6.45, 7) is 9.01. The minimum atomic E-state index is -2.54. The predicted molar refractivity (Wildman–Crippen MR) is 114 cm³/mol. The van der Waals surface area contributed by atoms with Crippen molar-refractivity contribution >= 4 is 18.7 Å². The van der Waals surface area contributed by atoms with Crippen molar-refractivity contribution in [2.75, 3.05) is 6.61 Å². The molecule has 3 heteroatoms. The van der Waals surface area contributed by atoms with Crippen LogP contribution in [0.1, 0.15) is 40.5 Å². The summed E-state index contributed by atoms with van der Waals surface area (Å²) in [6, 6.07) is 21.3. The fourth-order valence-corrected chi connectivity index (χ4v) is 8.33. The van der Waals surface area contributed by atoms with Crippen molar-refractivity contribution in [1.82, 2.24) is 0 Å². The molecule has 0 bridgehead atoms. The highest BCUT2D eigenvalue weighted by atomic mass is 28.4. The van der Waals surface area contributed by atoms with E-state index in [-0.39, 0.29) is 17.7 Å². The molecule has 0 aromatic heterocycles. The van der Waals surface area contributed by atoms with Gasteiger partial charge in [0.25, 0.3) is 8.32 Å². The van der Waals surface area contributed by atoms with Crippen molar-refractivity contribution in [3.63, 3.8) is 0 Å². The molecule has 0 aliphatic rings. The molecule has 1 N–H and O–H groups in total. The number of hydrogen-bond acceptors (Lipinski definition) is 2. The lowest BCUT2D eigenvalue weighted by Crippen LogP contribution is -2.67. The molecule has 0 heterocycles. The molecule has 26 heavy (non-hydrogen) atoms. The van der Waals surface area contributed by atoms with Crippen molar-refractivity contribution in [1.29, 1.82) is 0 Å². The Morgan fingerprint density at radius 3 is 1.85 bits per heavy atom. The van der Waals surface area contributed by atoms with Gasteiger partial charge in [-0.05, 0) is 35.2 Å². The van der Waals surface area contributed by atoms with Crippen LogP contribution < -0.4 is 10.4 Å². The number of benzene rings is 2. The number of rotatable bonds is 8. The summed E-state index contributed by atoms with van der Waals surface area (Å²) in [5.41, 5.74) is 0. The molecule has 0 saturated carbocycles. The van der Waals surface area contributed by atoms with E-state index in [4.69, 9.17) is 4.43 Å². The van der Waals surface area contributed by atoms with Gasteiger partial charge in [0.2, 0.25) is 0 Å². The van der Waals surface area contributed by atoms with Gasteiger partial charge in [-0.3, -0.25) is 0 Å². The SMILES string of the molecule is CC=CC[C@@H](CCO)O[Si](c1ccccc1)(c1ccccc1)C(C)(C)C. The van der Waals surface area contributed by atoms with Gasteiger partial charge < -0.3 is 9.53 Å². The van der Waals surface area contributed by atoms with Gasteiger partial charge in [0.05, 0.1) is 6.10 Å². The lowest BCUT2D eigenvalue weighted by atomic mass is 10.2. The second-order valence-electron chi connectivity index (χ2n) is 7.72. The Morgan fingerprint density at radius 2 is 1.46 bits per heavy atom. The van der Waals surface area contributed by atoms with Crippen molar-refractivity contribution < 1.29 is 9.53 Å². The monoisotopic (exact) mass is 368 g/mol. The van der Waals surface area contributed by atoms with Crippen LogP contribution in [0.25, 0.3) is 0 Å². The van der Waals surface area contributed by atoms with Crippen molar-refractivity contribution in [2.45, 2.75) is 51.7 Å². The normalized spacial score (nSPS) is 13.9. The van der Waals surface area contributed by atoms with Crippen LogP contribution in [0.2, 0.25) is 5.04 Å². The Balaban J connectivity index is 2.63. The van der Waals surface area contributed by atoms with Crippen molar-refractivity contribution in [2.24, 2.45) is 0 Å². The van der Waals surface area contributed by atoms with Crippen molar-refractivity contribution in [3.05, 3.63) is 72.8 Å². The average molecular weight is 369 g/mol. The third kappa shape index (κ3) is 4.53. The summed E-state index contributed by atoms with van der Waals surface area (Å²) in [5, 5.41) is 12.1. The Labute approximate surface area is 159 Å². The van der Waals surface area contributed by atoms with E-state index >= 15 is 0 Å². The van der Waals surface area contributed by atoms with E-state index in [9.17, 15) is 5.11 Å². The number of allylic oxidation sites excluding steroid dienone is 1. The summed E-state index contributed by atoms with van der Waals surface area (Å²) >= 11 is 0. The minimum absolute atomic E-state index is 0.00232. The van der Waals surface area contributed by atoms with E-state index in [2.05, 4.69) is 93.6 Å². The van der Waals surface area contributed by atoms with E-state index in [0.29, 0.717) is 6.42 Å². The summed E-state index contributed by atoms with van der Waals surface area (Å²) in [7, 11) is -2.54. The molecule has 0 radical (unpaired) electrons. The van der Waals surface area contributed by atoms with Crippen LogP contribution in [-0.2, 0) is 4.43 Å². The van der Waals surface area contributed by atoms with Gasteiger partial charge in [-0.15, -0.1) is 0 Å². The summed E-state index contributed by atoms with van der Waals surface area (Å²) < 4.78 is 7.04. The zero-order chi connectivity index (χ0) is 19.0. The maximum Gasteiger partial charge on any atom is 0.261 e. The Kier molecular flexibility index (Phi) is 7.39. The topological polar surface area (TPSA) is 29.5 Å². The molecule has 0 unspecified atom stereocenters. The number of hydrogen-bond donors (Lipinski definition) is 1. The highest BCUT2D eigenvalue weighted by Gasteiger charge is 2.51. The van der Waals surface area contributed by atoms with E-state index < -0.39 is 8.32 Å². The van der Waals surface area contributed by atoms with Gasteiger partial charge in [-0.25, -0.2) is 0 Å². The molecule has 0 fully saturated rings. The van der Waals surface area contributed by atoms with Crippen LogP contribution >= 0.6 is 0 Å². The number of aliphatic hydroxyl groups excluding tert-OH is 1. The Morgan fingerprint density at radius 1 is 0.962 bits per heavy atom. The smallest absolute Gasteiger partial charge is 0.261 e. The van der Waals surface area contributed by atoms with Crippen LogP contribution in [0.4, 0.5) is 0 Å². The maximum absolute atomic E-state index is 9.59. The van der Waals surface area contributed by atoms with Crippen LogP contribution in [-0.4, -0.2) is 26.1 Å². The molecule has 0 saturated heterocycles. The van der Waals surface area contributed by atoms with Gasteiger partial charge in [0.15, 0.2) is 0 Å². The molecule has 0 spiro atoms. The zero-order valence-electron chi connectivity index (χ0n) is 16.5. The highest BCUT2D eigenvalue weighted by molar-refractivity contribution is 6.99. The number of aliphatic hydroxyl groups is 1. The van der Waals surface area contributed by atoms with Gasteiger partial charge >= 0.3 is 0 Å². The minimum Gasteiger partial charge on any atom is -0.404 e. The Bertz CT molecular complexity index is 635. The zero-order valence-corrected chi connectivity index (χ0v) is 17.5. The largest absolute Gasteiger partial charge is 0.404 e. The third-order valence-corrected chi connectivity index (χ3v) is 9.94. The molecule has 2 nitrogen and oxygen atoms in total. The predicted octanol–water partition coefficient (Wildman–Crippen LogP) is 4.28. The second kappa shape index (κ2) is 9.31. The Hall–Kier alpha value is -1.68. The quantitative estimate of drug-likeness (QED) is 0.557. The molecule has 0 aliphatic carbocycles. The van der Waals surface area contributed by atoms with Crippen LogP contribution in [0.5, 0.6) is 0 Å². The van der Waals surface area contributed by atoms with Gasteiger partial charge in [0.1, 0.15) is 0 Å². The first-order valence-corrected chi connectivity index (χ1v) is 11.4. The molecule has 2 aromatic rings. The first-order valence-electron chi connectivity index (χ1n) is 9.46.